The first-order valence-corrected chi connectivity index (χ1v) is 11.7. The summed E-state index contributed by atoms with van der Waals surface area (Å²) in [6, 6.07) is 4.06. The molecule has 2 amide bonds. The molecule has 0 unspecified atom stereocenters. The van der Waals surface area contributed by atoms with Crippen LogP contribution >= 0.6 is 0 Å². The minimum atomic E-state index is -4.44. The van der Waals surface area contributed by atoms with Crippen LogP contribution in [0.1, 0.15) is 52.5 Å². The standard InChI is InChI=1S/C25H31F4N5O2/c1-15-31-12-17(13-32-15)20(24(7-8-24)25(27,28)29)11-22(35)33-14-18(34(3)4)9-16-5-6-19(21(26)10-16)23(36)30-2/h5-6,10,12-13,18,20H,7-9,11,14H2,1-4H3,(H,30,36)(H,33,35)/t18-,20-/m0/s1. The SMILES string of the molecule is CNC(=O)c1ccc(C[C@@H](CNC(=O)C[C@@H](c2cnc(C)nc2)C2(C(F)(F)F)CC2)N(C)C)cc1F. The fraction of sp³-hybridized carbons (Fsp3) is 0.520. The maximum Gasteiger partial charge on any atom is 0.395 e. The van der Waals surface area contributed by atoms with E-state index in [0.717, 1.165) is 0 Å². The minimum absolute atomic E-state index is 0.0414. The topological polar surface area (TPSA) is 87.2 Å². The maximum absolute atomic E-state index is 14.4. The molecule has 1 aliphatic carbocycles. The molecule has 1 heterocycles. The Kier molecular flexibility index (Phi) is 8.33. The molecule has 2 atom stereocenters. The van der Waals surface area contributed by atoms with Gasteiger partial charge in [-0.2, -0.15) is 13.2 Å². The van der Waals surface area contributed by atoms with Crippen molar-refractivity contribution in [3.05, 3.63) is 58.9 Å². The van der Waals surface area contributed by atoms with Crippen molar-refractivity contribution in [1.29, 1.82) is 0 Å². The summed E-state index contributed by atoms with van der Waals surface area (Å²) in [6.07, 6.45) is -1.78. The van der Waals surface area contributed by atoms with Gasteiger partial charge >= 0.3 is 6.18 Å². The van der Waals surface area contributed by atoms with Gasteiger partial charge < -0.3 is 15.5 Å². The van der Waals surface area contributed by atoms with E-state index in [1.54, 1.807) is 27.1 Å². The molecule has 0 saturated heterocycles. The van der Waals surface area contributed by atoms with Crippen LogP contribution in [0, 0.1) is 18.2 Å². The normalized spacial score (nSPS) is 16.4. The zero-order valence-electron chi connectivity index (χ0n) is 20.7. The lowest BCUT2D eigenvalue weighted by atomic mass is 9.81. The summed E-state index contributed by atoms with van der Waals surface area (Å²) in [5, 5.41) is 5.13. The Bertz CT molecular complexity index is 1080. The summed E-state index contributed by atoms with van der Waals surface area (Å²) in [5.74, 6) is -2.34. The predicted octanol–water partition coefficient (Wildman–Crippen LogP) is 3.39. The van der Waals surface area contributed by atoms with Gasteiger partial charge in [0, 0.05) is 44.4 Å². The second kappa shape index (κ2) is 10.9. The van der Waals surface area contributed by atoms with E-state index >= 15 is 0 Å². The molecule has 2 N–H and O–H groups in total. The van der Waals surface area contributed by atoms with Gasteiger partial charge in [0.05, 0.1) is 11.0 Å². The number of nitrogens with one attached hydrogen (secondary N) is 2. The van der Waals surface area contributed by atoms with Crippen molar-refractivity contribution in [2.24, 2.45) is 5.41 Å². The van der Waals surface area contributed by atoms with Crippen LogP contribution in [-0.4, -0.2) is 66.6 Å². The molecule has 1 aliphatic rings. The number of carbonyl (C=O) groups is 2. The molecule has 1 fully saturated rings. The van der Waals surface area contributed by atoms with Crippen molar-refractivity contribution in [3.63, 3.8) is 0 Å². The third-order valence-corrected chi connectivity index (χ3v) is 6.85. The first-order valence-electron chi connectivity index (χ1n) is 11.7. The van der Waals surface area contributed by atoms with Crippen LogP contribution in [-0.2, 0) is 11.2 Å². The highest BCUT2D eigenvalue weighted by Gasteiger charge is 2.67. The van der Waals surface area contributed by atoms with E-state index in [0.29, 0.717) is 23.4 Å². The van der Waals surface area contributed by atoms with Gasteiger partial charge in [-0.05, 0) is 63.5 Å². The molecule has 0 spiro atoms. The molecule has 36 heavy (non-hydrogen) atoms. The molecule has 7 nitrogen and oxygen atoms in total. The van der Waals surface area contributed by atoms with E-state index in [-0.39, 0.29) is 37.4 Å². The fourth-order valence-electron chi connectivity index (χ4n) is 4.38. The largest absolute Gasteiger partial charge is 0.395 e. The second-order valence-corrected chi connectivity index (χ2v) is 9.49. The van der Waals surface area contributed by atoms with E-state index in [1.165, 1.54) is 31.6 Å². The molecule has 0 radical (unpaired) electrons. The van der Waals surface area contributed by atoms with Crippen molar-refractivity contribution < 1.29 is 27.2 Å². The van der Waals surface area contributed by atoms with Gasteiger partial charge in [0.2, 0.25) is 5.91 Å². The van der Waals surface area contributed by atoms with Gasteiger partial charge in [0.1, 0.15) is 11.6 Å². The number of hydrogen-bond acceptors (Lipinski definition) is 5. The lowest BCUT2D eigenvalue weighted by molar-refractivity contribution is -0.194. The number of rotatable bonds is 10. The summed E-state index contributed by atoms with van der Waals surface area (Å²) in [7, 11) is 5.00. The molecule has 0 aliphatic heterocycles. The van der Waals surface area contributed by atoms with Crippen molar-refractivity contribution in [2.45, 2.75) is 50.7 Å². The highest BCUT2D eigenvalue weighted by molar-refractivity contribution is 5.94. The third-order valence-electron chi connectivity index (χ3n) is 6.85. The Labute approximate surface area is 207 Å². The fourth-order valence-corrected chi connectivity index (χ4v) is 4.38. The van der Waals surface area contributed by atoms with E-state index < -0.39 is 35.1 Å². The number of hydrogen-bond donors (Lipinski definition) is 2. The van der Waals surface area contributed by atoms with Crippen molar-refractivity contribution in [2.75, 3.05) is 27.7 Å². The summed E-state index contributed by atoms with van der Waals surface area (Å²) in [6.45, 7) is 1.79. The lowest BCUT2D eigenvalue weighted by Gasteiger charge is -2.29. The number of halogens is 4. The first-order chi connectivity index (χ1) is 16.9. The number of amides is 2. The quantitative estimate of drug-likeness (QED) is 0.480. The smallest absolute Gasteiger partial charge is 0.355 e. The minimum Gasteiger partial charge on any atom is -0.355 e. The predicted molar refractivity (Wildman–Crippen MR) is 126 cm³/mol. The van der Waals surface area contributed by atoms with Crippen molar-refractivity contribution in [3.8, 4) is 0 Å². The number of nitrogens with zero attached hydrogens (tertiary/aromatic N) is 3. The average Bonchev–Trinajstić information content (AvgIpc) is 3.62. The zero-order chi connectivity index (χ0) is 26.7. The Morgan fingerprint density at radius 3 is 2.31 bits per heavy atom. The molecular formula is C25H31F4N5O2. The maximum atomic E-state index is 14.4. The zero-order valence-corrected chi connectivity index (χ0v) is 20.7. The van der Waals surface area contributed by atoms with Gasteiger partial charge in [-0.15, -0.1) is 0 Å². The summed E-state index contributed by atoms with van der Waals surface area (Å²) in [4.78, 5) is 34.5. The lowest BCUT2D eigenvalue weighted by Crippen LogP contribution is -2.42. The number of aromatic nitrogens is 2. The van der Waals surface area contributed by atoms with Crippen LogP contribution in [0.3, 0.4) is 0 Å². The number of likely N-dealkylation sites (N-methyl/N-ethyl adjacent to an activating group) is 1. The van der Waals surface area contributed by atoms with E-state index in [4.69, 9.17) is 0 Å². The molecule has 196 valence electrons. The Morgan fingerprint density at radius 2 is 1.81 bits per heavy atom. The third kappa shape index (κ3) is 6.18. The summed E-state index contributed by atoms with van der Waals surface area (Å²) in [5.41, 5.74) is -1.10. The van der Waals surface area contributed by atoms with Gasteiger partial charge in [0.25, 0.3) is 5.91 Å². The van der Waals surface area contributed by atoms with Crippen LogP contribution in [0.25, 0.3) is 0 Å². The molecular weight excluding hydrogens is 478 g/mol. The Morgan fingerprint density at radius 1 is 1.17 bits per heavy atom. The van der Waals surface area contributed by atoms with Crippen LogP contribution in [0.5, 0.6) is 0 Å². The molecule has 1 aromatic carbocycles. The van der Waals surface area contributed by atoms with E-state index in [2.05, 4.69) is 20.6 Å². The highest BCUT2D eigenvalue weighted by atomic mass is 19.4. The Hall–Kier alpha value is -3.08. The second-order valence-electron chi connectivity index (χ2n) is 9.49. The molecule has 3 rings (SSSR count). The number of aryl methyl sites for hydroxylation is 1. The number of benzene rings is 1. The Balaban J connectivity index is 1.69. The monoisotopic (exact) mass is 509 g/mol. The first kappa shape index (κ1) is 27.5. The van der Waals surface area contributed by atoms with Crippen LogP contribution in [0.4, 0.5) is 17.6 Å². The van der Waals surface area contributed by atoms with Crippen LogP contribution in [0.2, 0.25) is 0 Å². The van der Waals surface area contributed by atoms with Gasteiger partial charge in [0.15, 0.2) is 0 Å². The van der Waals surface area contributed by atoms with E-state index in [1.807, 2.05) is 4.90 Å². The van der Waals surface area contributed by atoms with Gasteiger partial charge in [-0.25, -0.2) is 14.4 Å². The summed E-state index contributed by atoms with van der Waals surface area (Å²) < 4.78 is 56.1. The number of alkyl halides is 3. The van der Waals surface area contributed by atoms with Gasteiger partial charge in [-0.1, -0.05) is 6.07 Å². The van der Waals surface area contributed by atoms with Crippen molar-refractivity contribution in [1.82, 2.24) is 25.5 Å². The molecule has 0 bridgehead atoms. The molecule has 2 aromatic rings. The van der Waals surface area contributed by atoms with Crippen LogP contribution in [0.15, 0.2) is 30.6 Å². The van der Waals surface area contributed by atoms with Crippen LogP contribution < -0.4 is 10.6 Å². The van der Waals surface area contributed by atoms with Crippen molar-refractivity contribution >= 4 is 11.8 Å². The summed E-state index contributed by atoms with van der Waals surface area (Å²) >= 11 is 0. The van der Waals surface area contributed by atoms with Gasteiger partial charge in [-0.3, -0.25) is 9.59 Å². The molecule has 1 saturated carbocycles. The molecule has 11 heteroatoms. The van der Waals surface area contributed by atoms with E-state index in [9.17, 15) is 27.2 Å². The molecule has 1 aromatic heterocycles. The average molecular weight is 510 g/mol. The number of carbonyl (C=O) groups excluding carboxylic acids is 2. The highest BCUT2D eigenvalue weighted by Crippen LogP contribution is 2.66.